The number of nitrogens with one attached hydrogen (secondary N) is 1. The fourth-order valence-electron chi connectivity index (χ4n) is 1.40. The fourth-order valence-corrected chi connectivity index (χ4v) is 1.65. The molecule has 2 N–H and O–H groups in total. The summed E-state index contributed by atoms with van der Waals surface area (Å²) in [5.41, 5.74) is 0.208. The molecule has 0 aromatic heterocycles. The Hall–Kier alpha value is -1.17. The van der Waals surface area contributed by atoms with Gasteiger partial charge in [-0.1, -0.05) is 11.6 Å². The molecular weight excluding hydrogens is 261 g/mol. The van der Waals surface area contributed by atoms with Crippen molar-refractivity contribution in [3.63, 3.8) is 0 Å². The van der Waals surface area contributed by atoms with Crippen LogP contribution >= 0.6 is 11.6 Å². The van der Waals surface area contributed by atoms with Gasteiger partial charge < -0.3 is 15.2 Å². The number of aliphatic hydroxyl groups is 1. The maximum atomic E-state index is 12.8. The van der Waals surface area contributed by atoms with Gasteiger partial charge in [0.15, 0.2) is 0 Å². The Bertz CT molecular complexity index is 414. The summed E-state index contributed by atoms with van der Waals surface area (Å²) in [5, 5.41) is 12.0. The molecule has 0 bridgehead atoms. The number of benzene rings is 1. The monoisotopic (exact) mass is 275 g/mol. The number of rotatable bonds is 6. The minimum atomic E-state index is -0.626. The molecule has 0 aliphatic rings. The summed E-state index contributed by atoms with van der Waals surface area (Å²) in [4.78, 5) is 11.7. The Morgan fingerprint density at radius 3 is 2.94 bits per heavy atom. The van der Waals surface area contributed by atoms with E-state index in [1.54, 1.807) is 0 Å². The average Bonchev–Trinajstić information content (AvgIpc) is 2.29. The van der Waals surface area contributed by atoms with Crippen molar-refractivity contribution in [2.45, 2.75) is 12.5 Å². The molecule has 1 rings (SSSR count). The normalized spacial score (nSPS) is 12.2. The molecule has 1 aromatic rings. The standard InChI is InChI=1S/C12H15ClFNO3/c1-18-7-9(16)4-5-15-12(17)10-3-2-8(14)6-11(10)13/h2-3,6,9,16H,4-5,7H2,1H3,(H,15,17). The van der Waals surface area contributed by atoms with Crippen molar-refractivity contribution < 1.29 is 19.0 Å². The van der Waals surface area contributed by atoms with Gasteiger partial charge in [-0.15, -0.1) is 0 Å². The Morgan fingerprint density at radius 1 is 1.61 bits per heavy atom. The van der Waals surface area contributed by atoms with Gasteiger partial charge in [-0.2, -0.15) is 0 Å². The van der Waals surface area contributed by atoms with Crippen LogP contribution in [0.3, 0.4) is 0 Å². The number of amides is 1. The summed E-state index contributed by atoms with van der Waals surface area (Å²) >= 11 is 5.75. The van der Waals surface area contributed by atoms with Crippen molar-refractivity contribution in [2.24, 2.45) is 0 Å². The van der Waals surface area contributed by atoms with E-state index in [2.05, 4.69) is 5.32 Å². The minimum Gasteiger partial charge on any atom is -0.391 e. The lowest BCUT2D eigenvalue weighted by atomic mass is 10.2. The summed E-state index contributed by atoms with van der Waals surface area (Å²) in [7, 11) is 1.49. The number of carbonyl (C=O) groups is 1. The highest BCUT2D eigenvalue weighted by atomic mass is 35.5. The number of carbonyl (C=O) groups excluding carboxylic acids is 1. The molecule has 0 heterocycles. The van der Waals surface area contributed by atoms with E-state index in [4.69, 9.17) is 16.3 Å². The summed E-state index contributed by atoms with van der Waals surface area (Å²) < 4.78 is 17.5. The van der Waals surface area contributed by atoms with Crippen LogP contribution in [0.15, 0.2) is 18.2 Å². The maximum Gasteiger partial charge on any atom is 0.252 e. The smallest absolute Gasteiger partial charge is 0.252 e. The number of hydrogen-bond donors (Lipinski definition) is 2. The SMILES string of the molecule is COCC(O)CCNC(=O)c1ccc(F)cc1Cl. The lowest BCUT2D eigenvalue weighted by Gasteiger charge is -2.10. The summed E-state index contributed by atoms with van der Waals surface area (Å²) in [6, 6.07) is 3.56. The Morgan fingerprint density at radius 2 is 2.33 bits per heavy atom. The van der Waals surface area contributed by atoms with Gasteiger partial charge in [0.25, 0.3) is 5.91 Å². The zero-order valence-corrected chi connectivity index (χ0v) is 10.7. The minimum absolute atomic E-state index is 0.0601. The lowest BCUT2D eigenvalue weighted by molar-refractivity contribution is 0.0587. The lowest BCUT2D eigenvalue weighted by Crippen LogP contribution is -2.28. The first-order chi connectivity index (χ1) is 8.54. The third kappa shape index (κ3) is 4.60. The predicted octanol–water partition coefficient (Wildman–Crippen LogP) is 1.61. The van der Waals surface area contributed by atoms with E-state index in [1.807, 2.05) is 0 Å². The topological polar surface area (TPSA) is 58.6 Å². The highest BCUT2D eigenvalue weighted by molar-refractivity contribution is 6.33. The predicted molar refractivity (Wildman–Crippen MR) is 66.2 cm³/mol. The van der Waals surface area contributed by atoms with E-state index in [1.165, 1.54) is 19.2 Å². The first kappa shape index (κ1) is 14.9. The van der Waals surface area contributed by atoms with Crippen molar-refractivity contribution >= 4 is 17.5 Å². The Labute approximate surface area is 110 Å². The van der Waals surface area contributed by atoms with Crippen LogP contribution in [-0.2, 0) is 4.74 Å². The Balaban J connectivity index is 2.45. The first-order valence-corrected chi connectivity index (χ1v) is 5.82. The molecule has 100 valence electrons. The second-order valence-electron chi connectivity index (χ2n) is 3.78. The number of halogens is 2. The number of hydrogen-bond acceptors (Lipinski definition) is 3. The molecule has 18 heavy (non-hydrogen) atoms. The zero-order valence-electron chi connectivity index (χ0n) is 9.95. The van der Waals surface area contributed by atoms with Gasteiger partial charge in [-0.3, -0.25) is 4.79 Å². The van der Waals surface area contributed by atoms with Crippen LogP contribution in [0.4, 0.5) is 4.39 Å². The fraction of sp³-hybridized carbons (Fsp3) is 0.417. The molecule has 0 aliphatic heterocycles. The first-order valence-electron chi connectivity index (χ1n) is 5.45. The van der Waals surface area contributed by atoms with Gasteiger partial charge in [0, 0.05) is 13.7 Å². The molecule has 0 radical (unpaired) electrons. The molecule has 0 saturated carbocycles. The van der Waals surface area contributed by atoms with Crippen LogP contribution in [0.5, 0.6) is 0 Å². The van der Waals surface area contributed by atoms with Gasteiger partial charge in [0.1, 0.15) is 5.82 Å². The molecule has 0 spiro atoms. The molecule has 1 aromatic carbocycles. The number of ether oxygens (including phenoxy) is 1. The van der Waals surface area contributed by atoms with Crippen molar-refractivity contribution in [1.82, 2.24) is 5.32 Å². The maximum absolute atomic E-state index is 12.8. The molecule has 6 heteroatoms. The van der Waals surface area contributed by atoms with Crippen LogP contribution in [0.25, 0.3) is 0 Å². The Kier molecular flexibility index (Phi) is 6.04. The highest BCUT2D eigenvalue weighted by Gasteiger charge is 2.11. The van der Waals surface area contributed by atoms with Crippen molar-refractivity contribution in [3.8, 4) is 0 Å². The van der Waals surface area contributed by atoms with Gasteiger partial charge in [-0.05, 0) is 24.6 Å². The van der Waals surface area contributed by atoms with E-state index in [0.717, 1.165) is 6.07 Å². The molecule has 1 atom stereocenters. The molecule has 1 unspecified atom stereocenters. The zero-order chi connectivity index (χ0) is 13.5. The average molecular weight is 276 g/mol. The van der Waals surface area contributed by atoms with Crippen molar-refractivity contribution in [3.05, 3.63) is 34.6 Å². The van der Waals surface area contributed by atoms with Gasteiger partial charge in [0.05, 0.1) is 23.3 Å². The quantitative estimate of drug-likeness (QED) is 0.829. The van der Waals surface area contributed by atoms with Crippen LogP contribution < -0.4 is 5.32 Å². The van der Waals surface area contributed by atoms with E-state index < -0.39 is 17.8 Å². The van der Waals surface area contributed by atoms with Crippen LogP contribution in [-0.4, -0.2) is 37.4 Å². The molecule has 1 amide bonds. The summed E-state index contributed by atoms with van der Waals surface area (Å²) in [6.07, 6.45) is -0.253. The number of methoxy groups -OCH3 is 1. The number of aliphatic hydroxyl groups excluding tert-OH is 1. The van der Waals surface area contributed by atoms with Gasteiger partial charge >= 0.3 is 0 Å². The molecule has 0 aliphatic carbocycles. The molecule has 0 saturated heterocycles. The van der Waals surface area contributed by atoms with Gasteiger partial charge in [0.2, 0.25) is 0 Å². The largest absolute Gasteiger partial charge is 0.391 e. The van der Waals surface area contributed by atoms with Crippen molar-refractivity contribution in [1.29, 1.82) is 0 Å². The van der Waals surface area contributed by atoms with Crippen LogP contribution in [0, 0.1) is 5.82 Å². The third-order valence-electron chi connectivity index (χ3n) is 2.30. The second-order valence-corrected chi connectivity index (χ2v) is 4.19. The molecule has 4 nitrogen and oxygen atoms in total. The van der Waals surface area contributed by atoms with Crippen LogP contribution in [0.1, 0.15) is 16.8 Å². The molecule has 0 fully saturated rings. The summed E-state index contributed by atoms with van der Waals surface area (Å²) in [5.74, 6) is -0.892. The molecular formula is C12H15ClFNO3. The van der Waals surface area contributed by atoms with E-state index in [-0.39, 0.29) is 23.7 Å². The van der Waals surface area contributed by atoms with Gasteiger partial charge in [-0.25, -0.2) is 4.39 Å². The highest BCUT2D eigenvalue weighted by Crippen LogP contribution is 2.16. The van der Waals surface area contributed by atoms with Crippen molar-refractivity contribution in [2.75, 3.05) is 20.3 Å². The van der Waals surface area contributed by atoms with Crippen LogP contribution in [0.2, 0.25) is 5.02 Å². The third-order valence-corrected chi connectivity index (χ3v) is 2.61. The van der Waals surface area contributed by atoms with E-state index in [0.29, 0.717) is 6.42 Å². The summed E-state index contributed by atoms with van der Waals surface area (Å²) in [6.45, 7) is 0.504. The van der Waals surface area contributed by atoms with E-state index >= 15 is 0 Å². The van der Waals surface area contributed by atoms with E-state index in [9.17, 15) is 14.3 Å². The second kappa shape index (κ2) is 7.31.